The maximum atomic E-state index is 12.7. The van der Waals surface area contributed by atoms with Gasteiger partial charge in [-0.1, -0.05) is 0 Å². The first-order chi connectivity index (χ1) is 12.4. The molecule has 0 saturated heterocycles. The van der Waals surface area contributed by atoms with Gasteiger partial charge in [0.05, 0.1) is 21.7 Å². The molecule has 2 N–H and O–H groups in total. The number of hydrogen-bond donors (Lipinski definition) is 2. The van der Waals surface area contributed by atoms with E-state index in [4.69, 9.17) is 0 Å². The fourth-order valence-electron chi connectivity index (χ4n) is 2.39. The topological polar surface area (TPSA) is 79.4 Å². The number of aromatic nitrogens is 5. The van der Waals surface area contributed by atoms with Crippen molar-refractivity contribution < 1.29 is 13.2 Å². The maximum Gasteiger partial charge on any atom is 0.449 e. The molecule has 3 aromatic heterocycles. The summed E-state index contributed by atoms with van der Waals surface area (Å²) in [6.45, 7) is 1.91. The van der Waals surface area contributed by atoms with Gasteiger partial charge in [-0.25, -0.2) is 19.9 Å². The number of imidazole rings is 1. The predicted molar refractivity (Wildman–Crippen MR) is 92.3 cm³/mol. The molecule has 4 rings (SSSR count). The summed E-state index contributed by atoms with van der Waals surface area (Å²) >= 11 is 1.52. The largest absolute Gasteiger partial charge is 0.449 e. The quantitative estimate of drug-likeness (QED) is 0.548. The highest BCUT2D eigenvalue weighted by Gasteiger charge is 2.34. The van der Waals surface area contributed by atoms with Crippen LogP contribution in [0.25, 0.3) is 22.4 Å². The van der Waals surface area contributed by atoms with Crippen molar-refractivity contribution in [3.63, 3.8) is 0 Å². The molecule has 4 aromatic rings. The number of anilines is 2. The molecule has 0 unspecified atom stereocenters. The second-order valence-corrected chi connectivity index (χ2v) is 6.52. The highest BCUT2D eigenvalue weighted by molar-refractivity contribution is 7.09. The lowest BCUT2D eigenvalue weighted by atomic mass is 10.3. The third-order valence-electron chi connectivity index (χ3n) is 3.54. The molecule has 0 spiro atoms. The Kier molecular flexibility index (Phi) is 3.83. The van der Waals surface area contributed by atoms with Crippen LogP contribution in [0.1, 0.15) is 10.8 Å². The van der Waals surface area contributed by atoms with Crippen LogP contribution in [0.3, 0.4) is 0 Å². The van der Waals surface area contributed by atoms with Crippen molar-refractivity contribution in [2.45, 2.75) is 13.1 Å². The number of aryl methyl sites for hydroxylation is 1. The van der Waals surface area contributed by atoms with Gasteiger partial charge >= 0.3 is 6.18 Å². The number of benzene rings is 1. The summed E-state index contributed by atoms with van der Waals surface area (Å²) in [6, 6.07) is 6.39. The van der Waals surface area contributed by atoms with Gasteiger partial charge in [0.25, 0.3) is 0 Å². The Labute approximate surface area is 149 Å². The van der Waals surface area contributed by atoms with Crippen LogP contribution in [-0.4, -0.2) is 24.9 Å². The molecule has 1 aromatic carbocycles. The SMILES string of the molecule is Cc1nc(-c2ccnc(Nc3ccc4nc(C(F)(F)F)[nH]c4c3)n2)cs1. The Balaban J connectivity index is 1.63. The molecule has 0 atom stereocenters. The Morgan fingerprint density at radius 3 is 2.65 bits per heavy atom. The molecule has 0 amide bonds. The number of rotatable bonds is 3. The number of nitrogens with zero attached hydrogens (tertiary/aromatic N) is 4. The van der Waals surface area contributed by atoms with Gasteiger partial charge in [0.1, 0.15) is 5.69 Å². The van der Waals surface area contributed by atoms with Gasteiger partial charge in [0, 0.05) is 17.3 Å². The summed E-state index contributed by atoms with van der Waals surface area (Å²) in [7, 11) is 0. The van der Waals surface area contributed by atoms with E-state index in [1.165, 1.54) is 23.5 Å². The van der Waals surface area contributed by atoms with Crippen LogP contribution in [0.4, 0.5) is 24.8 Å². The number of fused-ring (bicyclic) bond motifs is 1. The molecule has 26 heavy (non-hydrogen) atoms. The summed E-state index contributed by atoms with van der Waals surface area (Å²) in [4.78, 5) is 18.7. The summed E-state index contributed by atoms with van der Waals surface area (Å²) in [6.07, 6.45) is -2.93. The molecule has 0 radical (unpaired) electrons. The van der Waals surface area contributed by atoms with Crippen molar-refractivity contribution in [3.05, 3.63) is 46.7 Å². The highest BCUT2D eigenvalue weighted by Crippen LogP contribution is 2.29. The van der Waals surface area contributed by atoms with Crippen molar-refractivity contribution in [2.24, 2.45) is 0 Å². The van der Waals surface area contributed by atoms with Crippen LogP contribution >= 0.6 is 11.3 Å². The predicted octanol–water partition coefficient (Wildman–Crippen LogP) is 4.55. The first-order valence-electron chi connectivity index (χ1n) is 7.48. The average Bonchev–Trinajstić information content (AvgIpc) is 3.20. The molecule has 0 bridgehead atoms. The number of thiazole rings is 1. The zero-order chi connectivity index (χ0) is 18.3. The molecule has 6 nitrogen and oxygen atoms in total. The van der Waals surface area contributed by atoms with Crippen LogP contribution in [0.15, 0.2) is 35.8 Å². The van der Waals surface area contributed by atoms with Gasteiger partial charge in [0.2, 0.25) is 11.8 Å². The Bertz CT molecular complexity index is 1080. The smallest absolute Gasteiger partial charge is 0.334 e. The average molecular weight is 376 g/mol. The van der Waals surface area contributed by atoms with Crippen LogP contribution in [0, 0.1) is 6.92 Å². The van der Waals surface area contributed by atoms with Gasteiger partial charge < -0.3 is 10.3 Å². The molecular formula is C16H11F3N6S. The van der Waals surface area contributed by atoms with E-state index in [0.29, 0.717) is 17.3 Å². The summed E-state index contributed by atoms with van der Waals surface area (Å²) in [5, 5.41) is 5.81. The zero-order valence-corrected chi connectivity index (χ0v) is 14.1. The van der Waals surface area contributed by atoms with Crippen LogP contribution in [0.2, 0.25) is 0 Å². The molecule has 10 heteroatoms. The van der Waals surface area contributed by atoms with Gasteiger partial charge in [0.15, 0.2) is 0 Å². The fourth-order valence-corrected chi connectivity index (χ4v) is 3.00. The van der Waals surface area contributed by atoms with Crippen molar-refractivity contribution >= 4 is 34.0 Å². The van der Waals surface area contributed by atoms with Crippen LogP contribution < -0.4 is 5.32 Å². The first-order valence-corrected chi connectivity index (χ1v) is 8.36. The lowest BCUT2D eigenvalue weighted by Gasteiger charge is -2.05. The number of halogens is 3. The Hall–Kier alpha value is -3.01. The number of alkyl halides is 3. The van der Waals surface area contributed by atoms with Crippen LogP contribution in [-0.2, 0) is 6.18 Å². The number of aromatic amines is 1. The van der Waals surface area contributed by atoms with E-state index in [2.05, 4.69) is 30.2 Å². The lowest BCUT2D eigenvalue weighted by molar-refractivity contribution is -0.144. The third kappa shape index (κ3) is 3.23. The summed E-state index contributed by atoms with van der Waals surface area (Å²) in [5.74, 6) is -0.704. The second kappa shape index (κ2) is 6.06. The van der Waals surface area contributed by atoms with E-state index in [0.717, 1.165) is 10.7 Å². The second-order valence-electron chi connectivity index (χ2n) is 5.46. The minimum absolute atomic E-state index is 0.232. The Morgan fingerprint density at radius 2 is 1.92 bits per heavy atom. The molecule has 3 heterocycles. The molecule has 132 valence electrons. The molecular weight excluding hydrogens is 365 g/mol. The summed E-state index contributed by atoms with van der Waals surface area (Å²) < 4.78 is 38.2. The van der Waals surface area contributed by atoms with Crippen molar-refractivity contribution in [1.82, 2.24) is 24.9 Å². The molecule has 0 aliphatic rings. The minimum Gasteiger partial charge on any atom is -0.334 e. The molecule has 0 aliphatic heterocycles. The number of H-pyrrole nitrogens is 1. The number of hydrogen-bond acceptors (Lipinski definition) is 6. The molecule has 0 aliphatic carbocycles. The van der Waals surface area contributed by atoms with Gasteiger partial charge in [-0.15, -0.1) is 11.3 Å². The van der Waals surface area contributed by atoms with Crippen molar-refractivity contribution in [1.29, 1.82) is 0 Å². The van der Waals surface area contributed by atoms with Crippen molar-refractivity contribution in [3.8, 4) is 11.4 Å². The normalized spacial score (nSPS) is 11.8. The Morgan fingerprint density at radius 1 is 1.08 bits per heavy atom. The first kappa shape index (κ1) is 16.5. The van der Waals surface area contributed by atoms with E-state index in [-0.39, 0.29) is 11.0 Å². The minimum atomic E-state index is -4.52. The molecule has 0 fully saturated rings. The van der Waals surface area contributed by atoms with Crippen LogP contribution in [0.5, 0.6) is 0 Å². The third-order valence-corrected chi connectivity index (χ3v) is 4.32. The van der Waals surface area contributed by atoms with Gasteiger partial charge in [-0.05, 0) is 31.2 Å². The fraction of sp³-hybridized carbons (Fsp3) is 0.125. The lowest BCUT2D eigenvalue weighted by Crippen LogP contribution is -2.06. The summed E-state index contributed by atoms with van der Waals surface area (Å²) in [5.41, 5.74) is 2.45. The molecule has 0 saturated carbocycles. The highest BCUT2D eigenvalue weighted by atomic mass is 32.1. The van der Waals surface area contributed by atoms with E-state index >= 15 is 0 Å². The van der Waals surface area contributed by atoms with E-state index in [1.807, 2.05) is 12.3 Å². The van der Waals surface area contributed by atoms with Crippen molar-refractivity contribution in [2.75, 3.05) is 5.32 Å². The van der Waals surface area contributed by atoms with Gasteiger partial charge in [-0.3, -0.25) is 0 Å². The van der Waals surface area contributed by atoms with E-state index < -0.39 is 12.0 Å². The standard InChI is InChI=1S/C16H11F3N6S/c1-8-21-13(7-26-8)11-4-5-20-15(25-11)22-9-2-3-10-12(6-9)24-14(23-10)16(17,18)19/h2-7H,1H3,(H,23,24)(H,20,22,25). The monoisotopic (exact) mass is 376 g/mol. The maximum absolute atomic E-state index is 12.7. The van der Waals surface area contributed by atoms with Gasteiger partial charge in [-0.2, -0.15) is 13.2 Å². The van der Waals surface area contributed by atoms with E-state index in [9.17, 15) is 13.2 Å². The van der Waals surface area contributed by atoms with E-state index in [1.54, 1.807) is 18.3 Å². The number of nitrogens with one attached hydrogen (secondary N) is 2. The zero-order valence-electron chi connectivity index (χ0n) is 13.3.